The van der Waals surface area contributed by atoms with E-state index in [9.17, 15) is 4.79 Å². The second kappa shape index (κ2) is 6.38. The molecule has 4 heteroatoms. The van der Waals surface area contributed by atoms with Gasteiger partial charge in [-0.3, -0.25) is 0 Å². The first-order valence-corrected chi connectivity index (χ1v) is 5.78. The van der Waals surface area contributed by atoms with E-state index in [0.29, 0.717) is 18.8 Å². The van der Waals surface area contributed by atoms with Gasteiger partial charge in [0, 0.05) is 6.42 Å². The zero-order chi connectivity index (χ0) is 12.0. The van der Waals surface area contributed by atoms with E-state index >= 15 is 0 Å². The van der Waals surface area contributed by atoms with Gasteiger partial charge in [-0.1, -0.05) is 0 Å². The van der Waals surface area contributed by atoms with Crippen LogP contribution in [0.15, 0.2) is 18.2 Å². The quantitative estimate of drug-likeness (QED) is 0.525. The smallest absolute Gasteiger partial charge is 0.335 e. The summed E-state index contributed by atoms with van der Waals surface area (Å²) in [4.78, 5) is 10.8. The standard InChI is InChI=1S/C12H11IO3/c1-2-3-4-7-16-11-8-9(12(14)15)5-6-10(11)13/h5-6,8H,4,7H2,1H3,(H,14,15). The molecular formula is C12H11IO3. The lowest BCUT2D eigenvalue weighted by molar-refractivity contribution is 0.0696. The predicted octanol–water partition coefficient (Wildman–Crippen LogP) is 2.78. The second-order valence-corrected chi connectivity index (χ2v) is 4.14. The van der Waals surface area contributed by atoms with E-state index in [-0.39, 0.29) is 5.56 Å². The van der Waals surface area contributed by atoms with Gasteiger partial charge in [-0.2, -0.15) is 0 Å². The van der Waals surface area contributed by atoms with Crippen LogP contribution in [0.4, 0.5) is 0 Å². The summed E-state index contributed by atoms with van der Waals surface area (Å²) in [5, 5.41) is 8.83. The second-order valence-electron chi connectivity index (χ2n) is 2.98. The minimum absolute atomic E-state index is 0.233. The Morgan fingerprint density at radius 1 is 1.56 bits per heavy atom. The molecular weight excluding hydrogens is 319 g/mol. The number of carboxylic acid groups (broad SMARTS) is 1. The lowest BCUT2D eigenvalue weighted by Gasteiger charge is -2.07. The fourth-order valence-electron chi connectivity index (χ4n) is 1.08. The van der Waals surface area contributed by atoms with Gasteiger partial charge in [0.2, 0.25) is 0 Å². The van der Waals surface area contributed by atoms with Gasteiger partial charge in [0.15, 0.2) is 0 Å². The fourth-order valence-corrected chi connectivity index (χ4v) is 1.58. The number of ether oxygens (including phenoxy) is 1. The summed E-state index contributed by atoms with van der Waals surface area (Å²) in [6, 6.07) is 4.82. The third-order valence-corrected chi connectivity index (χ3v) is 2.73. The number of halogens is 1. The molecule has 0 unspecified atom stereocenters. The number of hydrogen-bond acceptors (Lipinski definition) is 2. The molecule has 0 aliphatic rings. The first kappa shape index (κ1) is 12.8. The van der Waals surface area contributed by atoms with E-state index in [0.717, 1.165) is 3.57 Å². The SMILES string of the molecule is CC#CCCOc1cc(C(=O)O)ccc1I. The average Bonchev–Trinajstić information content (AvgIpc) is 2.26. The van der Waals surface area contributed by atoms with Crippen molar-refractivity contribution >= 4 is 28.6 Å². The van der Waals surface area contributed by atoms with Crippen molar-refractivity contribution in [3.05, 3.63) is 27.3 Å². The van der Waals surface area contributed by atoms with Crippen LogP contribution in [0.5, 0.6) is 5.75 Å². The van der Waals surface area contributed by atoms with E-state index in [1.54, 1.807) is 19.1 Å². The van der Waals surface area contributed by atoms with Crippen molar-refractivity contribution in [3.8, 4) is 17.6 Å². The maximum atomic E-state index is 10.8. The van der Waals surface area contributed by atoms with Gasteiger partial charge in [-0.05, 0) is 47.7 Å². The van der Waals surface area contributed by atoms with Gasteiger partial charge in [-0.25, -0.2) is 4.79 Å². The predicted molar refractivity (Wildman–Crippen MR) is 69.7 cm³/mol. The first-order chi connectivity index (χ1) is 7.65. The van der Waals surface area contributed by atoms with Crippen molar-refractivity contribution in [1.82, 2.24) is 0 Å². The summed E-state index contributed by atoms with van der Waals surface area (Å²) in [7, 11) is 0. The van der Waals surface area contributed by atoms with Gasteiger partial charge in [0.05, 0.1) is 15.7 Å². The zero-order valence-corrected chi connectivity index (χ0v) is 10.9. The Labute approximate surface area is 108 Å². The van der Waals surface area contributed by atoms with Crippen LogP contribution in [0.3, 0.4) is 0 Å². The highest BCUT2D eigenvalue weighted by atomic mass is 127. The molecule has 16 heavy (non-hydrogen) atoms. The van der Waals surface area contributed by atoms with Gasteiger partial charge < -0.3 is 9.84 Å². The molecule has 0 heterocycles. The molecule has 0 aliphatic carbocycles. The Morgan fingerprint density at radius 3 is 2.94 bits per heavy atom. The van der Waals surface area contributed by atoms with E-state index in [4.69, 9.17) is 9.84 Å². The van der Waals surface area contributed by atoms with Gasteiger partial charge in [0.25, 0.3) is 0 Å². The van der Waals surface area contributed by atoms with Crippen LogP contribution in [0, 0.1) is 15.4 Å². The van der Waals surface area contributed by atoms with Gasteiger partial charge in [0.1, 0.15) is 5.75 Å². The van der Waals surface area contributed by atoms with Crippen molar-refractivity contribution in [1.29, 1.82) is 0 Å². The van der Waals surface area contributed by atoms with Crippen molar-refractivity contribution in [3.63, 3.8) is 0 Å². The molecule has 0 amide bonds. The summed E-state index contributed by atoms with van der Waals surface area (Å²) < 4.78 is 6.35. The molecule has 0 saturated heterocycles. The van der Waals surface area contributed by atoms with E-state index < -0.39 is 5.97 Å². The Hall–Kier alpha value is -1.22. The minimum Gasteiger partial charge on any atom is -0.491 e. The average molecular weight is 330 g/mol. The Balaban J connectivity index is 2.73. The minimum atomic E-state index is -0.949. The van der Waals surface area contributed by atoms with Crippen LogP contribution in [0.2, 0.25) is 0 Å². The normalized spacial score (nSPS) is 9.12. The zero-order valence-electron chi connectivity index (χ0n) is 8.79. The summed E-state index contributed by atoms with van der Waals surface area (Å²) >= 11 is 2.11. The highest BCUT2D eigenvalue weighted by Crippen LogP contribution is 2.22. The molecule has 0 aromatic heterocycles. The molecule has 0 bridgehead atoms. The van der Waals surface area contributed by atoms with Crippen LogP contribution in [-0.2, 0) is 0 Å². The topological polar surface area (TPSA) is 46.5 Å². The molecule has 84 valence electrons. The molecule has 1 aromatic rings. The monoisotopic (exact) mass is 330 g/mol. The molecule has 1 N–H and O–H groups in total. The molecule has 0 spiro atoms. The van der Waals surface area contributed by atoms with Crippen molar-refractivity contribution in [2.45, 2.75) is 13.3 Å². The summed E-state index contributed by atoms with van der Waals surface area (Å²) in [6.45, 7) is 2.24. The highest BCUT2D eigenvalue weighted by Gasteiger charge is 2.07. The molecule has 0 saturated carbocycles. The molecule has 1 aromatic carbocycles. The number of carbonyl (C=O) groups is 1. The molecule has 0 fully saturated rings. The largest absolute Gasteiger partial charge is 0.491 e. The molecule has 3 nitrogen and oxygen atoms in total. The van der Waals surface area contributed by atoms with Crippen LogP contribution < -0.4 is 4.74 Å². The van der Waals surface area contributed by atoms with E-state index in [1.165, 1.54) is 6.07 Å². The third-order valence-electron chi connectivity index (χ3n) is 1.84. The number of rotatable bonds is 4. The highest BCUT2D eigenvalue weighted by molar-refractivity contribution is 14.1. The summed E-state index contributed by atoms with van der Waals surface area (Å²) in [6.07, 6.45) is 0.643. The van der Waals surface area contributed by atoms with Gasteiger partial charge in [-0.15, -0.1) is 11.8 Å². The van der Waals surface area contributed by atoms with Crippen molar-refractivity contribution in [2.24, 2.45) is 0 Å². The van der Waals surface area contributed by atoms with Crippen LogP contribution in [0.1, 0.15) is 23.7 Å². The maximum absolute atomic E-state index is 10.8. The van der Waals surface area contributed by atoms with E-state index in [1.807, 2.05) is 0 Å². The number of hydrogen-bond donors (Lipinski definition) is 1. The summed E-state index contributed by atoms with van der Waals surface area (Å²) in [5.74, 6) is 5.30. The van der Waals surface area contributed by atoms with Gasteiger partial charge >= 0.3 is 5.97 Å². The number of carboxylic acids is 1. The number of benzene rings is 1. The first-order valence-electron chi connectivity index (χ1n) is 4.70. The lowest BCUT2D eigenvalue weighted by atomic mass is 10.2. The van der Waals surface area contributed by atoms with Crippen molar-refractivity contribution < 1.29 is 14.6 Å². The Kier molecular flexibility index (Phi) is 5.12. The molecule has 0 radical (unpaired) electrons. The summed E-state index contributed by atoms with van der Waals surface area (Å²) in [5.41, 5.74) is 0.233. The molecule has 0 atom stereocenters. The van der Waals surface area contributed by atoms with E-state index in [2.05, 4.69) is 34.4 Å². The van der Waals surface area contributed by atoms with Crippen LogP contribution >= 0.6 is 22.6 Å². The fraction of sp³-hybridized carbons (Fsp3) is 0.250. The van der Waals surface area contributed by atoms with Crippen molar-refractivity contribution in [2.75, 3.05) is 6.61 Å². The van der Waals surface area contributed by atoms with Crippen LogP contribution in [-0.4, -0.2) is 17.7 Å². The lowest BCUT2D eigenvalue weighted by Crippen LogP contribution is -2.01. The molecule has 1 rings (SSSR count). The molecule has 0 aliphatic heterocycles. The maximum Gasteiger partial charge on any atom is 0.335 e. The Bertz CT molecular complexity index is 443. The van der Waals surface area contributed by atoms with Crippen LogP contribution in [0.25, 0.3) is 0 Å². The third kappa shape index (κ3) is 3.74. The Morgan fingerprint density at radius 2 is 2.31 bits per heavy atom. The number of aromatic carboxylic acids is 1.